The van der Waals surface area contributed by atoms with E-state index < -0.39 is 0 Å². The number of hydrogen-bond donors (Lipinski definition) is 0. The number of likely N-dealkylation sites (tertiary alicyclic amines) is 1. The van der Waals surface area contributed by atoms with Gasteiger partial charge < -0.3 is 4.90 Å². The van der Waals surface area contributed by atoms with E-state index in [9.17, 15) is 4.79 Å². The Bertz CT molecular complexity index is 355. The third-order valence-corrected chi connectivity index (χ3v) is 5.73. The first-order valence-corrected chi connectivity index (χ1v) is 8.77. The van der Waals surface area contributed by atoms with E-state index in [1.165, 1.54) is 6.42 Å². The van der Waals surface area contributed by atoms with Crippen molar-refractivity contribution in [3.8, 4) is 0 Å². The Kier molecular flexibility index (Phi) is 5.91. The number of carbonyl (C=O) groups excluding carboxylic acids is 1. The van der Waals surface area contributed by atoms with Gasteiger partial charge in [0.15, 0.2) is 0 Å². The van der Waals surface area contributed by atoms with Gasteiger partial charge in [-0.2, -0.15) is 0 Å². The largest absolute Gasteiger partial charge is 0.342 e. The summed E-state index contributed by atoms with van der Waals surface area (Å²) in [5.74, 6) is 2.31. The van der Waals surface area contributed by atoms with E-state index in [-0.39, 0.29) is 10.8 Å². The fourth-order valence-corrected chi connectivity index (χ4v) is 3.59. The minimum absolute atomic E-state index is 0.201. The molecule has 0 aromatic carbocycles. The highest BCUT2D eigenvalue weighted by molar-refractivity contribution is 5.82. The van der Waals surface area contributed by atoms with Crippen molar-refractivity contribution in [1.82, 2.24) is 4.90 Å². The van der Waals surface area contributed by atoms with Crippen LogP contribution in [0.5, 0.6) is 0 Å². The molecule has 1 saturated heterocycles. The van der Waals surface area contributed by atoms with Gasteiger partial charge in [-0.25, -0.2) is 0 Å². The Balaban J connectivity index is 2.76. The topological polar surface area (TPSA) is 20.3 Å². The van der Waals surface area contributed by atoms with E-state index in [4.69, 9.17) is 0 Å². The third-order valence-electron chi connectivity index (χ3n) is 5.73. The van der Waals surface area contributed by atoms with E-state index >= 15 is 0 Å². The molecular weight excluding hydrogens is 258 g/mol. The van der Waals surface area contributed by atoms with Crippen molar-refractivity contribution in [1.29, 1.82) is 0 Å². The van der Waals surface area contributed by atoms with Gasteiger partial charge in [0.25, 0.3) is 0 Å². The zero-order valence-corrected chi connectivity index (χ0v) is 15.6. The molecule has 1 aliphatic heterocycles. The maximum Gasteiger partial charge on any atom is 0.228 e. The standard InChI is InChI=1S/C19H37NO/c1-14(2)16-10-9-11-20(12-16)17(21)19(7,8)13-18(5,6)15(3)4/h14-16H,9-13H2,1-8H3. The van der Waals surface area contributed by atoms with Gasteiger partial charge in [0.1, 0.15) is 0 Å². The normalized spacial score (nSPS) is 21.2. The van der Waals surface area contributed by atoms with Gasteiger partial charge in [-0.05, 0) is 42.4 Å². The number of carbonyl (C=O) groups is 1. The molecule has 1 atom stereocenters. The van der Waals surface area contributed by atoms with Crippen LogP contribution in [-0.2, 0) is 4.79 Å². The van der Waals surface area contributed by atoms with Crippen molar-refractivity contribution in [2.45, 2.75) is 74.7 Å². The summed E-state index contributed by atoms with van der Waals surface area (Å²) >= 11 is 0. The minimum atomic E-state index is -0.257. The van der Waals surface area contributed by atoms with Crippen molar-refractivity contribution in [3.05, 3.63) is 0 Å². The predicted octanol–water partition coefficient (Wildman–Crippen LogP) is 4.98. The van der Waals surface area contributed by atoms with Crippen molar-refractivity contribution < 1.29 is 4.79 Å². The molecule has 1 heterocycles. The van der Waals surface area contributed by atoms with Crippen LogP contribution in [0.2, 0.25) is 0 Å². The average Bonchev–Trinajstić information content (AvgIpc) is 2.36. The quantitative estimate of drug-likeness (QED) is 0.700. The number of hydrogen-bond acceptors (Lipinski definition) is 1. The summed E-state index contributed by atoms with van der Waals surface area (Å²) in [5, 5.41) is 0. The summed E-state index contributed by atoms with van der Waals surface area (Å²) in [6.07, 6.45) is 3.40. The van der Waals surface area contributed by atoms with Gasteiger partial charge in [-0.3, -0.25) is 4.79 Å². The smallest absolute Gasteiger partial charge is 0.228 e. The number of piperidine rings is 1. The maximum atomic E-state index is 13.0. The molecule has 1 fully saturated rings. The molecule has 0 radical (unpaired) electrons. The lowest BCUT2D eigenvalue weighted by atomic mass is 9.68. The molecule has 0 aliphatic carbocycles. The summed E-state index contributed by atoms with van der Waals surface area (Å²) < 4.78 is 0. The van der Waals surface area contributed by atoms with Gasteiger partial charge >= 0.3 is 0 Å². The SMILES string of the molecule is CC(C)C1CCCN(C(=O)C(C)(C)CC(C)(C)C(C)C)C1. The monoisotopic (exact) mass is 295 g/mol. The van der Waals surface area contributed by atoms with Crippen molar-refractivity contribution in [3.63, 3.8) is 0 Å². The molecule has 1 unspecified atom stereocenters. The fourth-order valence-electron chi connectivity index (χ4n) is 3.59. The van der Waals surface area contributed by atoms with Gasteiger partial charge in [0.05, 0.1) is 0 Å². The highest BCUT2D eigenvalue weighted by Gasteiger charge is 2.39. The predicted molar refractivity (Wildman–Crippen MR) is 91.2 cm³/mol. The van der Waals surface area contributed by atoms with Gasteiger partial charge in [0, 0.05) is 18.5 Å². The first-order valence-electron chi connectivity index (χ1n) is 8.77. The van der Waals surface area contributed by atoms with E-state index in [1.807, 2.05) is 0 Å². The average molecular weight is 296 g/mol. The first-order chi connectivity index (χ1) is 9.47. The molecule has 1 aliphatic rings. The first kappa shape index (κ1) is 18.5. The summed E-state index contributed by atoms with van der Waals surface area (Å²) in [7, 11) is 0. The number of nitrogens with zero attached hydrogens (tertiary/aromatic N) is 1. The molecule has 1 amide bonds. The maximum absolute atomic E-state index is 13.0. The summed E-state index contributed by atoms with van der Waals surface area (Å²) in [5.41, 5.74) is -0.0565. The van der Waals surface area contributed by atoms with E-state index in [0.29, 0.717) is 23.7 Å². The Morgan fingerprint density at radius 1 is 1.14 bits per heavy atom. The van der Waals surface area contributed by atoms with Crippen LogP contribution in [-0.4, -0.2) is 23.9 Å². The minimum Gasteiger partial charge on any atom is -0.342 e. The molecule has 0 saturated carbocycles. The second-order valence-corrected chi connectivity index (χ2v) is 9.10. The van der Waals surface area contributed by atoms with Crippen molar-refractivity contribution in [2.24, 2.45) is 28.6 Å². The lowest BCUT2D eigenvalue weighted by molar-refractivity contribution is -0.144. The Labute approximate surface area is 132 Å². The van der Waals surface area contributed by atoms with Crippen LogP contribution in [0.4, 0.5) is 0 Å². The Hall–Kier alpha value is -0.530. The zero-order chi connectivity index (χ0) is 16.4. The molecule has 0 aromatic rings. The molecule has 2 nitrogen and oxygen atoms in total. The fraction of sp³-hybridized carbons (Fsp3) is 0.947. The molecule has 1 rings (SSSR count). The van der Waals surface area contributed by atoms with Crippen LogP contribution >= 0.6 is 0 Å². The van der Waals surface area contributed by atoms with Gasteiger partial charge in [-0.1, -0.05) is 55.4 Å². The molecule has 0 N–H and O–H groups in total. The van der Waals surface area contributed by atoms with E-state index in [1.54, 1.807) is 0 Å². The molecule has 0 spiro atoms. The van der Waals surface area contributed by atoms with Crippen LogP contribution in [0.15, 0.2) is 0 Å². The lowest BCUT2D eigenvalue weighted by Crippen LogP contribution is -2.48. The highest BCUT2D eigenvalue weighted by Crippen LogP contribution is 2.40. The van der Waals surface area contributed by atoms with Crippen LogP contribution in [0, 0.1) is 28.6 Å². The van der Waals surface area contributed by atoms with Gasteiger partial charge in [0.2, 0.25) is 5.91 Å². The second-order valence-electron chi connectivity index (χ2n) is 9.10. The lowest BCUT2D eigenvalue weighted by Gasteiger charge is -2.42. The summed E-state index contributed by atoms with van der Waals surface area (Å²) in [6.45, 7) is 19.9. The zero-order valence-electron chi connectivity index (χ0n) is 15.6. The molecule has 0 bridgehead atoms. The van der Waals surface area contributed by atoms with Crippen molar-refractivity contribution in [2.75, 3.05) is 13.1 Å². The second kappa shape index (κ2) is 6.71. The van der Waals surface area contributed by atoms with Crippen LogP contribution in [0.1, 0.15) is 74.7 Å². The highest BCUT2D eigenvalue weighted by atomic mass is 16.2. The molecule has 2 heteroatoms. The van der Waals surface area contributed by atoms with Crippen molar-refractivity contribution >= 4 is 5.91 Å². The number of amides is 1. The van der Waals surface area contributed by atoms with Crippen LogP contribution in [0.25, 0.3) is 0 Å². The van der Waals surface area contributed by atoms with Gasteiger partial charge in [-0.15, -0.1) is 0 Å². The summed E-state index contributed by atoms with van der Waals surface area (Å²) in [4.78, 5) is 15.2. The Morgan fingerprint density at radius 2 is 1.71 bits per heavy atom. The molecular formula is C19H37NO. The molecule has 21 heavy (non-hydrogen) atoms. The number of rotatable bonds is 5. The van der Waals surface area contributed by atoms with E-state index in [0.717, 1.165) is 25.9 Å². The summed E-state index contributed by atoms with van der Waals surface area (Å²) in [6, 6.07) is 0. The molecule has 124 valence electrons. The third kappa shape index (κ3) is 4.72. The van der Waals surface area contributed by atoms with Crippen LogP contribution < -0.4 is 0 Å². The van der Waals surface area contributed by atoms with E-state index in [2.05, 4.69) is 60.3 Å². The van der Waals surface area contributed by atoms with Crippen LogP contribution in [0.3, 0.4) is 0 Å². The Morgan fingerprint density at radius 3 is 2.19 bits per heavy atom. The molecule has 0 aromatic heterocycles.